The Labute approximate surface area is 136 Å². The van der Waals surface area contributed by atoms with Crippen molar-refractivity contribution in [2.45, 2.75) is 6.54 Å². The van der Waals surface area contributed by atoms with Crippen LogP contribution in [0.15, 0.2) is 30.5 Å². The van der Waals surface area contributed by atoms with Crippen LogP contribution in [0, 0.1) is 0 Å². The summed E-state index contributed by atoms with van der Waals surface area (Å²) >= 11 is 22.5. The Morgan fingerprint density at radius 3 is 2.50 bits per heavy atom. The van der Waals surface area contributed by atoms with Gasteiger partial charge in [0.05, 0.1) is 6.20 Å². The number of aromatic nitrogens is 2. The van der Waals surface area contributed by atoms with Crippen LogP contribution in [0.25, 0.3) is 0 Å². The van der Waals surface area contributed by atoms with E-state index in [9.17, 15) is 0 Å². The summed E-state index contributed by atoms with van der Waals surface area (Å²) in [6.45, 7) is 0.557. The predicted octanol–water partition coefficient (Wildman–Crippen LogP) is 3.92. The van der Waals surface area contributed by atoms with Crippen LogP contribution in [-0.4, -0.2) is 15.1 Å². The number of hydrogen-bond donors (Lipinski definition) is 2. The number of rotatable bonds is 3. The van der Waals surface area contributed by atoms with Crippen LogP contribution in [0.5, 0.6) is 0 Å². The Hall–Kier alpha value is -1.14. The third-order valence-electron chi connectivity index (χ3n) is 2.30. The first-order valence-electron chi connectivity index (χ1n) is 5.52. The zero-order chi connectivity index (χ0) is 14.5. The molecule has 0 radical (unpaired) electrons. The Bertz CT molecular complexity index is 619. The van der Waals surface area contributed by atoms with Crippen LogP contribution >= 0.6 is 47.0 Å². The van der Waals surface area contributed by atoms with Crippen LogP contribution in [0.4, 0.5) is 5.82 Å². The normalized spacial score (nSPS) is 10.2. The molecule has 0 fully saturated rings. The number of hydrogen-bond acceptors (Lipinski definition) is 3. The highest BCUT2D eigenvalue weighted by Crippen LogP contribution is 2.18. The molecular formula is C12H9Cl3N4S. The molecule has 0 saturated heterocycles. The van der Waals surface area contributed by atoms with E-state index in [4.69, 9.17) is 47.0 Å². The Balaban J connectivity index is 1.90. The van der Waals surface area contributed by atoms with Crippen molar-refractivity contribution in [2.75, 3.05) is 5.32 Å². The smallest absolute Gasteiger partial charge is 0.173 e. The van der Waals surface area contributed by atoms with Gasteiger partial charge in [-0.2, -0.15) is 0 Å². The number of thiocarbonyl (C=S) groups is 1. The van der Waals surface area contributed by atoms with Crippen molar-refractivity contribution in [3.05, 3.63) is 51.4 Å². The maximum atomic E-state index is 5.89. The molecule has 0 aliphatic carbocycles. The van der Waals surface area contributed by atoms with Crippen molar-refractivity contribution in [3.63, 3.8) is 0 Å². The van der Waals surface area contributed by atoms with Gasteiger partial charge in [-0.3, -0.25) is 0 Å². The summed E-state index contributed by atoms with van der Waals surface area (Å²) < 4.78 is 0. The van der Waals surface area contributed by atoms with Gasteiger partial charge in [0.2, 0.25) is 0 Å². The fourth-order valence-corrected chi connectivity index (χ4v) is 2.03. The average molecular weight is 348 g/mol. The monoisotopic (exact) mass is 346 g/mol. The summed E-state index contributed by atoms with van der Waals surface area (Å²) in [6.07, 6.45) is 1.39. The standard InChI is InChI=1S/C12H9Cl3N4S/c13-8-3-1-7(2-4-8)5-17-12(20)19-11-10(15)18-9(14)6-16-11/h1-4,6H,5H2,(H2,16,17,19,20). The van der Waals surface area contributed by atoms with E-state index >= 15 is 0 Å². The molecule has 2 rings (SSSR count). The number of halogens is 3. The zero-order valence-electron chi connectivity index (χ0n) is 10.0. The van der Waals surface area contributed by atoms with E-state index < -0.39 is 0 Å². The second kappa shape index (κ2) is 7.04. The van der Waals surface area contributed by atoms with Crippen LogP contribution in [0.3, 0.4) is 0 Å². The molecule has 1 aromatic carbocycles. The van der Waals surface area contributed by atoms with Gasteiger partial charge in [-0.1, -0.05) is 46.9 Å². The minimum absolute atomic E-state index is 0.160. The van der Waals surface area contributed by atoms with Crippen molar-refractivity contribution in [1.29, 1.82) is 0 Å². The molecule has 0 atom stereocenters. The lowest BCUT2D eigenvalue weighted by atomic mass is 10.2. The highest BCUT2D eigenvalue weighted by Gasteiger charge is 2.06. The summed E-state index contributed by atoms with van der Waals surface area (Å²) in [6, 6.07) is 7.45. The van der Waals surface area contributed by atoms with Crippen LogP contribution in [0.1, 0.15) is 5.56 Å². The first kappa shape index (κ1) is 15.3. The second-order valence-corrected chi connectivity index (χ2v) is 5.36. The van der Waals surface area contributed by atoms with E-state index in [0.717, 1.165) is 5.56 Å². The summed E-state index contributed by atoms with van der Waals surface area (Å²) in [5.41, 5.74) is 1.05. The van der Waals surface area contributed by atoms with E-state index in [0.29, 0.717) is 22.5 Å². The van der Waals surface area contributed by atoms with Crippen molar-refractivity contribution < 1.29 is 0 Å². The maximum Gasteiger partial charge on any atom is 0.173 e. The molecule has 104 valence electrons. The van der Waals surface area contributed by atoms with E-state index in [1.807, 2.05) is 24.3 Å². The minimum Gasteiger partial charge on any atom is -0.358 e. The van der Waals surface area contributed by atoms with Gasteiger partial charge in [-0.15, -0.1) is 0 Å². The Kier molecular flexibility index (Phi) is 5.37. The van der Waals surface area contributed by atoms with Gasteiger partial charge in [0.15, 0.2) is 16.1 Å². The van der Waals surface area contributed by atoms with Crippen molar-refractivity contribution in [1.82, 2.24) is 15.3 Å². The molecule has 0 amide bonds. The minimum atomic E-state index is 0.160. The molecule has 8 heteroatoms. The maximum absolute atomic E-state index is 5.89. The first-order valence-corrected chi connectivity index (χ1v) is 7.06. The SMILES string of the molecule is S=C(NCc1ccc(Cl)cc1)Nc1ncc(Cl)nc1Cl. The van der Waals surface area contributed by atoms with E-state index in [1.165, 1.54) is 6.20 Å². The average Bonchev–Trinajstić information content (AvgIpc) is 2.41. The molecule has 1 aromatic heterocycles. The molecule has 20 heavy (non-hydrogen) atoms. The predicted molar refractivity (Wildman–Crippen MR) is 86.6 cm³/mol. The van der Waals surface area contributed by atoms with Crippen LogP contribution in [-0.2, 0) is 6.54 Å². The van der Waals surface area contributed by atoms with Gasteiger partial charge in [-0.25, -0.2) is 9.97 Å². The van der Waals surface area contributed by atoms with Gasteiger partial charge >= 0.3 is 0 Å². The Morgan fingerprint density at radius 2 is 1.85 bits per heavy atom. The third-order valence-corrected chi connectivity index (χ3v) is 3.24. The molecule has 0 aliphatic rings. The molecule has 0 unspecified atom stereocenters. The lowest BCUT2D eigenvalue weighted by Crippen LogP contribution is -2.28. The van der Waals surface area contributed by atoms with Gasteiger partial charge in [0.25, 0.3) is 0 Å². The molecule has 2 aromatic rings. The molecule has 0 bridgehead atoms. The van der Waals surface area contributed by atoms with Crippen molar-refractivity contribution in [2.24, 2.45) is 0 Å². The number of anilines is 1. The summed E-state index contributed by atoms with van der Waals surface area (Å²) in [5, 5.41) is 7.34. The van der Waals surface area contributed by atoms with Gasteiger partial charge in [-0.05, 0) is 29.9 Å². The van der Waals surface area contributed by atoms with E-state index in [2.05, 4.69) is 20.6 Å². The topological polar surface area (TPSA) is 49.8 Å². The highest BCUT2D eigenvalue weighted by atomic mass is 35.5. The lowest BCUT2D eigenvalue weighted by Gasteiger charge is -2.10. The van der Waals surface area contributed by atoms with Crippen LogP contribution < -0.4 is 10.6 Å². The molecule has 1 heterocycles. The Morgan fingerprint density at radius 1 is 1.15 bits per heavy atom. The molecule has 0 aliphatic heterocycles. The van der Waals surface area contributed by atoms with Gasteiger partial charge < -0.3 is 10.6 Å². The fraction of sp³-hybridized carbons (Fsp3) is 0.0833. The quantitative estimate of drug-likeness (QED) is 0.824. The van der Waals surface area contributed by atoms with E-state index in [1.54, 1.807) is 0 Å². The van der Waals surface area contributed by atoms with Crippen LogP contribution in [0.2, 0.25) is 15.3 Å². The summed E-state index contributed by atoms with van der Waals surface area (Å²) in [5.74, 6) is 0.352. The second-order valence-electron chi connectivity index (χ2n) is 3.77. The first-order chi connectivity index (χ1) is 9.54. The summed E-state index contributed by atoms with van der Waals surface area (Å²) in [7, 11) is 0. The van der Waals surface area contributed by atoms with Gasteiger partial charge in [0.1, 0.15) is 5.15 Å². The van der Waals surface area contributed by atoms with Crippen molar-refractivity contribution in [3.8, 4) is 0 Å². The lowest BCUT2D eigenvalue weighted by molar-refractivity contribution is 0.924. The number of benzene rings is 1. The van der Waals surface area contributed by atoms with Gasteiger partial charge in [0, 0.05) is 11.6 Å². The third kappa shape index (κ3) is 4.45. The highest BCUT2D eigenvalue weighted by molar-refractivity contribution is 7.80. The number of nitrogens with one attached hydrogen (secondary N) is 2. The van der Waals surface area contributed by atoms with E-state index in [-0.39, 0.29) is 10.3 Å². The molecule has 0 spiro atoms. The zero-order valence-corrected chi connectivity index (χ0v) is 13.1. The largest absolute Gasteiger partial charge is 0.358 e. The number of nitrogens with zero attached hydrogens (tertiary/aromatic N) is 2. The molecule has 2 N–H and O–H groups in total. The molecule has 0 saturated carbocycles. The summed E-state index contributed by atoms with van der Waals surface area (Å²) in [4.78, 5) is 7.86. The fourth-order valence-electron chi connectivity index (χ4n) is 1.37. The van der Waals surface area contributed by atoms with Crippen molar-refractivity contribution >= 4 is 58.0 Å². The molecule has 4 nitrogen and oxygen atoms in total. The molecular weight excluding hydrogens is 339 g/mol.